The van der Waals surface area contributed by atoms with Gasteiger partial charge in [0.2, 0.25) is 5.84 Å². The lowest BCUT2D eigenvalue weighted by atomic mass is 9.87. The van der Waals surface area contributed by atoms with Gasteiger partial charge in [0.15, 0.2) is 17.2 Å². The summed E-state index contributed by atoms with van der Waals surface area (Å²) in [4.78, 5) is 15.5. The van der Waals surface area contributed by atoms with Crippen molar-refractivity contribution in [2.75, 3.05) is 31.1 Å². The van der Waals surface area contributed by atoms with E-state index in [2.05, 4.69) is 12.2 Å². The lowest BCUT2D eigenvalue weighted by molar-refractivity contribution is -0.111. The standard InChI is InChI=1S/C26H25ClN4O3/c1-26-21-16-23(34-3)22(33-2)15-17(21)13-14-30(26)24(25(32)28-19-7-5-4-6-8-19)29-31(26)20-11-9-18(27)10-12-20/h4-12,15-16H,13-14H2,1-3H3,(H,28,32). The molecule has 1 amide bonds. The van der Waals surface area contributed by atoms with Crippen molar-refractivity contribution in [1.82, 2.24) is 4.90 Å². The van der Waals surface area contributed by atoms with E-state index in [1.807, 2.05) is 76.6 Å². The van der Waals surface area contributed by atoms with Crippen LogP contribution in [0.4, 0.5) is 11.4 Å². The van der Waals surface area contributed by atoms with Gasteiger partial charge in [-0.3, -0.25) is 4.79 Å². The molecule has 0 fully saturated rings. The minimum Gasteiger partial charge on any atom is -0.493 e. The molecule has 5 rings (SSSR count). The second-order valence-corrected chi connectivity index (χ2v) is 8.76. The number of amidine groups is 1. The van der Waals surface area contributed by atoms with Crippen LogP contribution in [-0.2, 0) is 16.9 Å². The normalized spacial score (nSPS) is 18.6. The van der Waals surface area contributed by atoms with Crippen molar-refractivity contribution in [3.8, 4) is 11.5 Å². The van der Waals surface area contributed by atoms with Crippen molar-refractivity contribution >= 4 is 34.7 Å². The summed E-state index contributed by atoms with van der Waals surface area (Å²) in [6.45, 7) is 2.68. The predicted octanol–water partition coefficient (Wildman–Crippen LogP) is 4.86. The smallest absolute Gasteiger partial charge is 0.293 e. The Morgan fingerprint density at radius 1 is 1.03 bits per heavy atom. The summed E-state index contributed by atoms with van der Waals surface area (Å²) in [5, 5.41) is 10.3. The molecule has 3 aromatic rings. The van der Waals surface area contributed by atoms with Gasteiger partial charge < -0.3 is 19.7 Å². The number of halogens is 1. The molecule has 0 spiro atoms. The number of carbonyl (C=O) groups excluding carboxylic acids is 1. The zero-order valence-electron chi connectivity index (χ0n) is 19.2. The number of anilines is 2. The van der Waals surface area contributed by atoms with E-state index in [1.165, 1.54) is 0 Å². The van der Waals surface area contributed by atoms with Crippen molar-refractivity contribution in [3.63, 3.8) is 0 Å². The highest BCUT2D eigenvalue weighted by Crippen LogP contribution is 2.47. The molecule has 34 heavy (non-hydrogen) atoms. The van der Waals surface area contributed by atoms with E-state index in [1.54, 1.807) is 14.2 Å². The fourth-order valence-corrected chi connectivity index (χ4v) is 4.84. The van der Waals surface area contributed by atoms with Gasteiger partial charge in [0, 0.05) is 22.8 Å². The number of methoxy groups -OCH3 is 2. The number of carbonyl (C=O) groups is 1. The summed E-state index contributed by atoms with van der Waals surface area (Å²) >= 11 is 6.15. The number of benzene rings is 3. The molecule has 1 atom stereocenters. The molecule has 2 aliphatic rings. The molecule has 0 saturated heterocycles. The minimum absolute atomic E-state index is 0.266. The van der Waals surface area contributed by atoms with Crippen LogP contribution in [0.1, 0.15) is 18.1 Å². The predicted molar refractivity (Wildman–Crippen MR) is 134 cm³/mol. The van der Waals surface area contributed by atoms with Gasteiger partial charge in [0.25, 0.3) is 5.91 Å². The van der Waals surface area contributed by atoms with E-state index >= 15 is 0 Å². The van der Waals surface area contributed by atoms with E-state index in [0.717, 1.165) is 23.2 Å². The van der Waals surface area contributed by atoms with Gasteiger partial charge >= 0.3 is 0 Å². The Morgan fingerprint density at radius 3 is 2.38 bits per heavy atom. The van der Waals surface area contributed by atoms with Crippen LogP contribution in [0.3, 0.4) is 0 Å². The number of nitrogens with zero attached hydrogens (tertiary/aromatic N) is 3. The van der Waals surface area contributed by atoms with Crippen LogP contribution in [0.2, 0.25) is 5.02 Å². The first-order chi connectivity index (χ1) is 16.5. The fourth-order valence-electron chi connectivity index (χ4n) is 4.72. The van der Waals surface area contributed by atoms with Gasteiger partial charge in [-0.05, 0) is 67.4 Å². The Morgan fingerprint density at radius 2 is 1.71 bits per heavy atom. The molecule has 0 aliphatic carbocycles. The van der Waals surface area contributed by atoms with Gasteiger partial charge in [-0.25, -0.2) is 5.01 Å². The van der Waals surface area contributed by atoms with Crippen molar-refractivity contribution in [2.24, 2.45) is 5.10 Å². The molecular weight excluding hydrogens is 452 g/mol. The van der Waals surface area contributed by atoms with Crippen LogP contribution >= 0.6 is 11.6 Å². The second kappa shape index (κ2) is 8.57. The third kappa shape index (κ3) is 3.53. The molecule has 3 aromatic carbocycles. The Bertz CT molecular complexity index is 1260. The van der Waals surface area contributed by atoms with E-state index in [0.29, 0.717) is 34.6 Å². The molecular formula is C26H25ClN4O3. The highest BCUT2D eigenvalue weighted by Gasteiger charge is 2.52. The molecule has 2 aliphatic heterocycles. The van der Waals surface area contributed by atoms with Gasteiger partial charge in [0.1, 0.15) is 0 Å². The maximum absolute atomic E-state index is 13.4. The zero-order chi connectivity index (χ0) is 23.9. The van der Waals surface area contributed by atoms with E-state index in [9.17, 15) is 4.79 Å². The van der Waals surface area contributed by atoms with Crippen LogP contribution in [0, 0.1) is 0 Å². The lowest BCUT2D eigenvalue weighted by Gasteiger charge is -2.46. The quantitative estimate of drug-likeness (QED) is 0.569. The average Bonchev–Trinajstić information content (AvgIpc) is 3.17. The first kappa shape index (κ1) is 22.1. The molecule has 0 aromatic heterocycles. The van der Waals surface area contributed by atoms with E-state index in [-0.39, 0.29) is 5.91 Å². The number of hydrogen-bond donors (Lipinski definition) is 1. The van der Waals surface area contributed by atoms with Gasteiger partial charge in [-0.2, -0.15) is 0 Å². The van der Waals surface area contributed by atoms with Crippen molar-refractivity contribution in [1.29, 1.82) is 0 Å². The lowest BCUT2D eigenvalue weighted by Crippen LogP contribution is -2.56. The van der Waals surface area contributed by atoms with Crippen LogP contribution in [0.15, 0.2) is 71.8 Å². The largest absolute Gasteiger partial charge is 0.493 e. The molecule has 2 heterocycles. The molecule has 1 N–H and O–H groups in total. The SMILES string of the molecule is COc1cc2c(cc1OC)C1(C)N(CC2)C(C(=O)Nc2ccccc2)=NN1c1ccc(Cl)cc1. The number of ether oxygens (including phenoxy) is 2. The summed E-state index contributed by atoms with van der Waals surface area (Å²) in [5.41, 5.74) is 2.89. The highest BCUT2D eigenvalue weighted by atomic mass is 35.5. The second-order valence-electron chi connectivity index (χ2n) is 8.32. The van der Waals surface area contributed by atoms with Crippen LogP contribution < -0.4 is 19.8 Å². The molecule has 0 saturated carbocycles. The number of fused-ring (bicyclic) bond motifs is 3. The van der Waals surface area contributed by atoms with Crippen molar-refractivity contribution in [2.45, 2.75) is 19.0 Å². The number of para-hydroxylation sites is 1. The monoisotopic (exact) mass is 476 g/mol. The fraction of sp³-hybridized carbons (Fsp3) is 0.231. The third-order valence-corrected chi connectivity index (χ3v) is 6.67. The number of hydrazone groups is 1. The van der Waals surface area contributed by atoms with E-state index in [4.69, 9.17) is 26.2 Å². The highest BCUT2D eigenvalue weighted by molar-refractivity contribution is 6.43. The summed E-state index contributed by atoms with van der Waals surface area (Å²) in [5.74, 6) is 1.39. The van der Waals surface area contributed by atoms with Gasteiger partial charge in [-0.15, -0.1) is 5.10 Å². The summed E-state index contributed by atoms with van der Waals surface area (Å²) in [7, 11) is 3.25. The van der Waals surface area contributed by atoms with Crippen molar-refractivity contribution in [3.05, 3.63) is 82.9 Å². The maximum Gasteiger partial charge on any atom is 0.293 e. The zero-order valence-corrected chi connectivity index (χ0v) is 20.0. The summed E-state index contributed by atoms with van der Waals surface area (Å²) in [6, 6.07) is 20.8. The molecule has 8 heteroatoms. The molecule has 0 bridgehead atoms. The summed E-state index contributed by atoms with van der Waals surface area (Å²) < 4.78 is 11.1. The van der Waals surface area contributed by atoms with Gasteiger partial charge in [-0.1, -0.05) is 29.8 Å². The first-order valence-corrected chi connectivity index (χ1v) is 11.4. The van der Waals surface area contributed by atoms with Crippen LogP contribution in [0.5, 0.6) is 11.5 Å². The Labute approximate surface area is 203 Å². The average molecular weight is 477 g/mol. The summed E-state index contributed by atoms with van der Waals surface area (Å²) in [6.07, 6.45) is 0.734. The Kier molecular flexibility index (Phi) is 5.57. The van der Waals surface area contributed by atoms with Crippen LogP contribution in [-0.4, -0.2) is 37.4 Å². The number of nitrogens with one attached hydrogen (secondary N) is 1. The number of amides is 1. The minimum atomic E-state index is -0.760. The van der Waals surface area contributed by atoms with Gasteiger partial charge in [0.05, 0.1) is 19.9 Å². The molecule has 1 unspecified atom stereocenters. The molecule has 0 radical (unpaired) electrons. The third-order valence-electron chi connectivity index (χ3n) is 6.42. The Balaban J connectivity index is 1.63. The molecule has 7 nitrogen and oxygen atoms in total. The van der Waals surface area contributed by atoms with Crippen LogP contribution in [0.25, 0.3) is 0 Å². The molecule has 174 valence electrons. The maximum atomic E-state index is 13.4. The first-order valence-electron chi connectivity index (χ1n) is 11.0. The number of rotatable bonds is 5. The Hall–Kier alpha value is -3.71. The topological polar surface area (TPSA) is 66.4 Å². The van der Waals surface area contributed by atoms with Crippen molar-refractivity contribution < 1.29 is 14.3 Å². The number of hydrogen-bond acceptors (Lipinski definition) is 6. The van der Waals surface area contributed by atoms with E-state index < -0.39 is 5.66 Å².